The molecule has 1 atom stereocenters. The third kappa shape index (κ3) is 5.11. The molecule has 0 saturated heterocycles. The van der Waals surface area contributed by atoms with Crippen LogP contribution in [0.15, 0.2) is 0 Å². The van der Waals surface area contributed by atoms with Crippen molar-refractivity contribution in [1.29, 1.82) is 0 Å². The molecule has 6 heteroatoms. The Labute approximate surface area is 78.6 Å². The number of halogens is 4. The molecule has 12 heavy (non-hydrogen) atoms. The van der Waals surface area contributed by atoms with E-state index < -0.39 is 11.7 Å². The molecule has 0 radical (unpaired) electrons. The normalized spacial score (nSPS) is 14.8. The first-order valence-electron chi connectivity index (χ1n) is 3.38. The second-order valence-corrected chi connectivity index (χ2v) is 3.68. The fourth-order valence-corrected chi connectivity index (χ4v) is 0.997. The lowest BCUT2D eigenvalue weighted by atomic mass is 10.7. The Kier molecular flexibility index (Phi) is 6.13. The molecule has 1 unspecified atom stereocenters. The number of alkyl halides is 4. The minimum absolute atomic E-state index is 0.196. The van der Waals surface area contributed by atoms with E-state index in [1.54, 1.807) is 0 Å². The molecule has 0 N–H and O–H groups in total. The summed E-state index contributed by atoms with van der Waals surface area (Å²) in [6.07, 6.45) is -3.87. The SMILES string of the molecule is CCSCCOC(F)(F)C(F)Cl. The number of thioether (sulfide) groups is 1. The van der Waals surface area contributed by atoms with Gasteiger partial charge in [-0.3, -0.25) is 0 Å². The summed E-state index contributed by atoms with van der Waals surface area (Å²) < 4.78 is 40.3. The van der Waals surface area contributed by atoms with Crippen LogP contribution in [0, 0.1) is 0 Å². The van der Waals surface area contributed by atoms with Gasteiger partial charge in [0.25, 0.3) is 5.63 Å². The van der Waals surface area contributed by atoms with Gasteiger partial charge in [0.15, 0.2) is 0 Å². The number of ether oxygens (including phenoxy) is 1. The van der Waals surface area contributed by atoms with Gasteiger partial charge >= 0.3 is 6.11 Å². The van der Waals surface area contributed by atoms with E-state index in [2.05, 4.69) is 16.3 Å². The molecule has 74 valence electrons. The molecule has 0 amide bonds. The van der Waals surface area contributed by atoms with Crippen molar-refractivity contribution >= 4 is 23.4 Å². The van der Waals surface area contributed by atoms with Gasteiger partial charge < -0.3 is 4.74 Å². The lowest BCUT2D eigenvalue weighted by Crippen LogP contribution is -2.30. The summed E-state index contributed by atoms with van der Waals surface area (Å²) in [4.78, 5) is 0. The Morgan fingerprint density at radius 2 is 2.17 bits per heavy atom. The van der Waals surface area contributed by atoms with Crippen LogP contribution in [0.1, 0.15) is 6.92 Å². The van der Waals surface area contributed by atoms with Crippen LogP contribution in [0.2, 0.25) is 0 Å². The van der Waals surface area contributed by atoms with Crippen molar-refractivity contribution in [3.8, 4) is 0 Å². The van der Waals surface area contributed by atoms with Crippen molar-refractivity contribution in [2.24, 2.45) is 0 Å². The zero-order valence-corrected chi connectivity index (χ0v) is 8.10. The Morgan fingerprint density at radius 1 is 1.58 bits per heavy atom. The van der Waals surface area contributed by atoms with Gasteiger partial charge in [0.2, 0.25) is 0 Å². The molecule has 0 aliphatic heterocycles. The summed E-state index contributed by atoms with van der Waals surface area (Å²) in [5.41, 5.74) is -2.77. The monoisotopic (exact) mass is 222 g/mol. The van der Waals surface area contributed by atoms with Crippen LogP contribution in [-0.4, -0.2) is 29.9 Å². The molecule has 1 nitrogen and oxygen atoms in total. The molecule has 0 rings (SSSR count). The molecular formula is C6H10ClF3OS. The second kappa shape index (κ2) is 5.94. The highest BCUT2D eigenvalue weighted by Gasteiger charge is 2.40. The van der Waals surface area contributed by atoms with Crippen molar-refractivity contribution in [3.05, 3.63) is 0 Å². The summed E-state index contributed by atoms with van der Waals surface area (Å²) in [7, 11) is 0. The maximum absolute atomic E-state index is 12.2. The van der Waals surface area contributed by atoms with Crippen LogP contribution in [0.3, 0.4) is 0 Å². The first-order chi connectivity index (χ1) is 5.50. The van der Waals surface area contributed by atoms with E-state index in [9.17, 15) is 13.2 Å². The van der Waals surface area contributed by atoms with Crippen LogP contribution in [-0.2, 0) is 4.74 Å². The smallest absolute Gasteiger partial charge is 0.316 e. The van der Waals surface area contributed by atoms with Gasteiger partial charge in [-0.25, -0.2) is 4.39 Å². The average Bonchev–Trinajstić information content (AvgIpc) is 1.98. The number of rotatable bonds is 6. The topological polar surface area (TPSA) is 9.23 Å². The van der Waals surface area contributed by atoms with E-state index in [-0.39, 0.29) is 6.61 Å². The molecule has 0 aliphatic rings. The van der Waals surface area contributed by atoms with Crippen LogP contribution in [0.25, 0.3) is 0 Å². The highest BCUT2D eigenvalue weighted by atomic mass is 35.5. The molecular weight excluding hydrogens is 213 g/mol. The maximum Gasteiger partial charge on any atom is 0.400 e. The fraction of sp³-hybridized carbons (Fsp3) is 1.00. The Bertz CT molecular complexity index is 123. The van der Waals surface area contributed by atoms with Gasteiger partial charge in [-0.05, 0) is 5.75 Å². The number of hydrogen-bond donors (Lipinski definition) is 0. The molecule has 0 aliphatic carbocycles. The molecule has 0 aromatic rings. The molecule has 0 spiro atoms. The summed E-state index contributed by atoms with van der Waals surface area (Å²) in [5, 5.41) is 0. The number of hydrogen-bond acceptors (Lipinski definition) is 2. The summed E-state index contributed by atoms with van der Waals surface area (Å²) in [6.45, 7) is 1.70. The lowest BCUT2D eigenvalue weighted by molar-refractivity contribution is -0.253. The largest absolute Gasteiger partial charge is 0.400 e. The lowest BCUT2D eigenvalue weighted by Gasteiger charge is -2.15. The van der Waals surface area contributed by atoms with Crippen LogP contribution >= 0.6 is 23.4 Å². The van der Waals surface area contributed by atoms with Crippen molar-refractivity contribution in [1.82, 2.24) is 0 Å². The summed E-state index contributed by atoms with van der Waals surface area (Å²) in [5.74, 6) is 1.23. The van der Waals surface area contributed by atoms with Crippen LogP contribution in [0.4, 0.5) is 13.2 Å². The van der Waals surface area contributed by atoms with E-state index in [1.165, 1.54) is 11.8 Å². The zero-order chi connectivity index (χ0) is 9.61. The van der Waals surface area contributed by atoms with Gasteiger partial charge in [0.1, 0.15) is 0 Å². The molecule has 0 saturated carbocycles. The van der Waals surface area contributed by atoms with Gasteiger partial charge in [-0.2, -0.15) is 20.5 Å². The van der Waals surface area contributed by atoms with Crippen LogP contribution < -0.4 is 0 Å². The third-order valence-corrected chi connectivity index (χ3v) is 2.10. The van der Waals surface area contributed by atoms with Gasteiger partial charge in [0, 0.05) is 5.75 Å². The Morgan fingerprint density at radius 3 is 2.58 bits per heavy atom. The van der Waals surface area contributed by atoms with Gasteiger partial charge in [-0.1, -0.05) is 18.5 Å². The van der Waals surface area contributed by atoms with Crippen molar-refractivity contribution in [2.45, 2.75) is 18.7 Å². The van der Waals surface area contributed by atoms with Crippen molar-refractivity contribution in [3.63, 3.8) is 0 Å². The third-order valence-electron chi connectivity index (χ3n) is 0.980. The van der Waals surface area contributed by atoms with E-state index in [1.807, 2.05) is 6.92 Å². The first-order valence-corrected chi connectivity index (χ1v) is 4.97. The van der Waals surface area contributed by atoms with E-state index in [0.717, 1.165) is 5.75 Å². The molecule has 0 fully saturated rings. The summed E-state index contributed by atoms with van der Waals surface area (Å²) >= 11 is 5.97. The van der Waals surface area contributed by atoms with Crippen LogP contribution in [0.5, 0.6) is 0 Å². The van der Waals surface area contributed by atoms with E-state index >= 15 is 0 Å². The molecule has 0 aromatic heterocycles. The quantitative estimate of drug-likeness (QED) is 0.505. The average molecular weight is 223 g/mol. The Balaban J connectivity index is 3.47. The minimum atomic E-state index is -3.87. The second-order valence-electron chi connectivity index (χ2n) is 1.91. The highest BCUT2D eigenvalue weighted by molar-refractivity contribution is 7.99. The molecule has 0 bridgehead atoms. The predicted octanol–water partition coefficient (Wildman–Crippen LogP) is 2.88. The van der Waals surface area contributed by atoms with E-state index in [4.69, 9.17) is 0 Å². The minimum Gasteiger partial charge on any atom is -0.316 e. The van der Waals surface area contributed by atoms with Gasteiger partial charge in [-0.15, -0.1) is 0 Å². The predicted molar refractivity (Wildman–Crippen MR) is 44.6 cm³/mol. The molecule has 0 heterocycles. The van der Waals surface area contributed by atoms with Crippen molar-refractivity contribution in [2.75, 3.05) is 18.1 Å². The molecule has 0 aromatic carbocycles. The first kappa shape index (κ1) is 12.4. The fourth-order valence-electron chi connectivity index (χ4n) is 0.444. The summed E-state index contributed by atoms with van der Waals surface area (Å²) in [6, 6.07) is 0. The standard InChI is InChI=1S/C6H10ClF3OS/c1-2-12-4-3-11-6(9,10)5(7)8/h5H,2-4H2,1H3. The van der Waals surface area contributed by atoms with E-state index in [0.29, 0.717) is 5.75 Å². The maximum atomic E-state index is 12.2. The van der Waals surface area contributed by atoms with Crippen molar-refractivity contribution < 1.29 is 17.9 Å². The zero-order valence-electron chi connectivity index (χ0n) is 6.53. The highest BCUT2D eigenvalue weighted by Crippen LogP contribution is 2.25. The Hall–Kier alpha value is 0.390. The van der Waals surface area contributed by atoms with Gasteiger partial charge in [0.05, 0.1) is 6.61 Å².